The standard InChI is InChI=1S/C21H24ClNO4/c1-14-10-16(22)4-8-19(14)27-13-21(24)23(17-5-6-17)12-15-11-18(25-2)7-9-20(15)26-3/h4,7-11,17H,5-6,12-13H2,1-3H3. The van der Waals surface area contributed by atoms with Gasteiger partial charge in [0.2, 0.25) is 0 Å². The number of methoxy groups -OCH3 is 2. The Bertz CT molecular complexity index is 820. The number of hydrogen-bond donors (Lipinski definition) is 0. The third-order valence-corrected chi connectivity index (χ3v) is 4.86. The average Bonchev–Trinajstić information content (AvgIpc) is 3.50. The molecule has 1 saturated carbocycles. The summed E-state index contributed by atoms with van der Waals surface area (Å²) in [5.41, 5.74) is 1.82. The molecule has 3 rings (SSSR count). The SMILES string of the molecule is COc1ccc(OC)c(CN(C(=O)COc2ccc(Cl)cc2C)C2CC2)c1. The van der Waals surface area contributed by atoms with E-state index in [1.165, 1.54) is 0 Å². The van der Waals surface area contributed by atoms with Crippen molar-refractivity contribution >= 4 is 17.5 Å². The molecule has 0 bridgehead atoms. The van der Waals surface area contributed by atoms with E-state index < -0.39 is 0 Å². The van der Waals surface area contributed by atoms with Crippen LogP contribution in [0.2, 0.25) is 5.02 Å². The molecule has 144 valence electrons. The topological polar surface area (TPSA) is 48.0 Å². The Hall–Kier alpha value is -2.40. The summed E-state index contributed by atoms with van der Waals surface area (Å²) in [5, 5.41) is 0.649. The minimum atomic E-state index is -0.0447. The number of amides is 1. The van der Waals surface area contributed by atoms with Crippen LogP contribution in [0.15, 0.2) is 36.4 Å². The second kappa shape index (κ2) is 8.53. The van der Waals surface area contributed by atoms with E-state index in [1.54, 1.807) is 26.4 Å². The van der Waals surface area contributed by atoms with Gasteiger partial charge in [0.1, 0.15) is 17.2 Å². The molecule has 0 spiro atoms. The number of benzene rings is 2. The molecular formula is C21H24ClNO4. The van der Waals surface area contributed by atoms with Crippen LogP contribution in [0.5, 0.6) is 17.2 Å². The monoisotopic (exact) mass is 389 g/mol. The van der Waals surface area contributed by atoms with E-state index in [4.69, 9.17) is 25.8 Å². The maximum Gasteiger partial charge on any atom is 0.261 e. The maximum absolute atomic E-state index is 12.8. The average molecular weight is 390 g/mol. The zero-order valence-corrected chi connectivity index (χ0v) is 16.6. The lowest BCUT2D eigenvalue weighted by Gasteiger charge is -2.24. The third kappa shape index (κ3) is 4.86. The number of halogens is 1. The Labute approximate surface area is 164 Å². The van der Waals surface area contributed by atoms with Crippen LogP contribution in [0.3, 0.4) is 0 Å². The fourth-order valence-electron chi connectivity index (χ4n) is 2.99. The van der Waals surface area contributed by atoms with E-state index in [0.29, 0.717) is 17.3 Å². The first-order valence-corrected chi connectivity index (χ1v) is 9.29. The Morgan fingerprint density at radius 2 is 1.85 bits per heavy atom. The zero-order valence-electron chi connectivity index (χ0n) is 15.8. The van der Waals surface area contributed by atoms with Gasteiger partial charge in [0, 0.05) is 23.2 Å². The highest BCUT2D eigenvalue weighted by Crippen LogP contribution is 2.32. The summed E-state index contributed by atoms with van der Waals surface area (Å²) in [6.07, 6.45) is 2.02. The summed E-state index contributed by atoms with van der Waals surface area (Å²) in [6.45, 7) is 2.36. The fourth-order valence-corrected chi connectivity index (χ4v) is 3.22. The number of carbonyl (C=O) groups excluding carboxylic acids is 1. The molecule has 1 fully saturated rings. The molecule has 0 heterocycles. The molecule has 2 aromatic rings. The number of nitrogens with zero attached hydrogens (tertiary/aromatic N) is 1. The molecule has 0 aromatic heterocycles. The molecule has 1 aliphatic rings. The molecule has 1 aliphatic carbocycles. The third-order valence-electron chi connectivity index (χ3n) is 4.62. The first kappa shape index (κ1) is 19.4. The summed E-state index contributed by atoms with van der Waals surface area (Å²) >= 11 is 5.97. The van der Waals surface area contributed by atoms with Gasteiger partial charge in [0.15, 0.2) is 6.61 Å². The maximum atomic E-state index is 12.8. The molecule has 0 radical (unpaired) electrons. The normalized spacial score (nSPS) is 13.2. The van der Waals surface area contributed by atoms with Gasteiger partial charge < -0.3 is 19.1 Å². The molecule has 0 N–H and O–H groups in total. The van der Waals surface area contributed by atoms with Gasteiger partial charge in [-0.3, -0.25) is 4.79 Å². The zero-order chi connectivity index (χ0) is 19.4. The fraction of sp³-hybridized carbons (Fsp3) is 0.381. The van der Waals surface area contributed by atoms with Crippen molar-refractivity contribution < 1.29 is 19.0 Å². The second-order valence-electron chi connectivity index (χ2n) is 6.63. The van der Waals surface area contributed by atoms with Gasteiger partial charge in [-0.05, 0) is 61.7 Å². The van der Waals surface area contributed by atoms with Crippen LogP contribution >= 0.6 is 11.6 Å². The van der Waals surface area contributed by atoms with Crippen molar-refractivity contribution in [2.24, 2.45) is 0 Å². The van der Waals surface area contributed by atoms with Crippen molar-refractivity contribution in [3.05, 3.63) is 52.5 Å². The number of rotatable bonds is 8. The molecule has 27 heavy (non-hydrogen) atoms. The Morgan fingerprint density at radius 1 is 1.11 bits per heavy atom. The lowest BCUT2D eigenvalue weighted by Crippen LogP contribution is -2.36. The van der Waals surface area contributed by atoms with Crippen molar-refractivity contribution in [3.63, 3.8) is 0 Å². The van der Waals surface area contributed by atoms with E-state index in [2.05, 4.69) is 0 Å². The first-order chi connectivity index (χ1) is 13.0. The van der Waals surface area contributed by atoms with Crippen molar-refractivity contribution in [1.29, 1.82) is 0 Å². The van der Waals surface area contributed by atoms with Crippen LogP contribution in [-0.4, -0.2) is 37.7 Å². The van der Waals surface area contributed by atoms with E-state index in [0.717, 1.165) is 35.5 Å². The van der Waals surface area contributed by atoms with Gasteiger partial charge in [-0.2, -0.15) is 0 Å². The predicted molar refractivity (Wildman–Crippen MR) is 105 cm³/mol. The number of carbonyl (C=O) groups is 1. The Kier molecular flexibility index (Phi) is 6.11. The summed E-state index contributed by atoms with van der Waals surface area (Å²) < 4.78 is 16.5. The van der Waals surface area contributed by atoms with Crippen molar-refractivity contribution in [1.82, 2.24) is 4.90 Å². The van der Waals surface area contributed by atoms with E-state index in [1.807, 2.05) is 36.1 Å². The molecule has 0 aliphatic heterocycles. The summed E-state index contributed by atoms with van der Waals surface area (Å²) in [4.78, 5) is 14.7. The molecule has 1 amide bonds. The minimum absolute atomic E-state index is 0.00867. The molecule has 6 heteroatoms. The van der Waals surface area contributed by atoms with Gasteiger partial charge >= 0.3 is 0 Å². The smallest absolute Gasteiger partial charge is 0.261 e. The van der Waals surface area contributed by atoms with Crippen LogP contribution in [-0.2, 0) is 11.3 Å². The lowest BCUT2D eigenvalue weighted by molar-refractivity contribution is -0.134. The van der Waals surface area contributed by atoms with Crippen molar-refractivity contribution in [2.45, 2.75) is 32.4 Å². The molecule has 0 unspecified atom stereocenters. The van der Waals surface area contributed by atoms with Gasteiger partial charge in [-0.25, -0.2) is 0 Å². The molecule has 0 atom stereocenters. The van der Waals surface area contributed by atoms with Gasteiger partial charge in [-0.1, -0.05) is 11.6 Å². The van der Waals surface area contributed by atoms with Gasteiger partial charge in [-0.15, -0.1) is 0 Å². The van der Waals surface area contributed by atoms with E-state index >= 15 is 0 Å². The lowest BCUT2D eigenvalue weighted by atomic mass is 10.1. The summed E-state index contributed by atoms with van der Waals surface area (Å²) in [6, 6.07) is 11.2. The van der Waals surface area contributed by atoms with Crippen LogP contribution < -0.4 is 14.2 Å². The van der Waals surface area contributed by atoms with Gasteiger partial charge in [0.25, 0.3) is 5.91 Å². The molecule has 5 nitrogen and oxygen atoms in total. The number of ether oxygens (including phenoxy) is 3. The highest BCUT2D eigenvalue weighted by Gasteiger charge is 2.33. The molecular weight excluding hydrogens is 366 g/mol. The molecule has 0 saturated heterocycles. The van der Waals surface area contributed by atoms with Crippen molar-refractivity contribution in [2.75, 3.05) is 20.8 Å². The second-order valence-corrected chi connectivity index (χ2v) is 7.07. The summed E-state index contributed by atoms with van der Waals surface area (Å²) in [7, 11) is 3.25. The van der Waals surface area contributed by atoms with Crippen LogP contribution in [0.4, 0.5) is 0 Å². The van der Waals surface area contributed by atoms with Crippen LogP contribution in [0, 0.1) is 6.92 Å². The number of hydrogen-bond acceptors (Lipinski definition) is 4. The Morgan fingerprint density at radius 3 is 2.48 bits per heavy atom. The minimum Gasteiger partial charge on any atom is -0.497 e. The van der Waals surface area contributed by atoms with Gasteiger partial charge in [0.05, 0.1) is 14.2 Å². The van der Waals surface area contributed by atoms with Crippen LogP contribution in [0.25, 0.3) is 0 Å². The predicted octanol–water partition coefficient (Wildman–Crippen LogP) is 4.24. The Balaban J connectivity index is 1.71. The highest BCUT2D eigenvalue weighted by molar-refractivity contribution is 6.30. The summed E-state index contributed by atoms with van der Waals surface area (Å²) in [5.74, 6) is 2.10. The van der Waals surface area contributed by atoms with E-state index in [9.17, 15) is 4.79 Å². The highest BCUT2D eigenvalue weighted by atomic mass is 35.5. The van der Waals surface area contributed by atoms with Crippen molar-refractivity contribution in [3.8, 4) is 17.2 Å². The number of aryl methyl sites for hydroxylation is 1. The first-order valence-electron chi connectivity index (χ1n) is 8.91. The van der Waals surface area contributed by atoms with E-state index in [-0.39, 0.29) is 18.6 Å². The molecule has 2 aromatic carbocycles. The largest absolute Gasteiger partial charge is 0.497 e. The quantitative estimate of drug-likeness (QED) is 0.677. The van der Waals surface area contributed by atoms with Crippen LogP contribution in [0.1, 0.15) is 24.0 Å².